The first kappa shape index (κ1) is 22.6. The van der Waals surface area contributed by atoms with Crippen molar-refractivity contribution >= 4 is 29.3 Å². The van der Waals surface area contributed by atoms with Crippen molar-refractivity contribution in [1.29, 1.82) is 0 Å². The Kier molecular flexibility index (Phi) is 8.10. The molecule has 4 amide bonds. The summed E-state index contributed by atoms with van der Waals surface area (Å²) in [6, 6.07) is 13.3. The van der Waals surface area contributed by atoms with Gasteiger partial charge in [0.25, 0.3) is 5.91 Å². The van der Waals surface area contributed by atoms with Crippen LogP contribution in [0.1, 0.15) is 39.6 Å². The highest BCUT2D eigenvalue weighted by Crippen LogP contribution is 2.10. The number of nitrogens with two attached hydrogens (primary N) is 1. The summed E-state index contributed by atoms with van der Waals surface area (Å²) < 4.78 is 0. The number of carbonyl (C=O) groups is 4. The van der Waals surface area contributed by atoms with Gasteiger partial charge in [0.15, 0.2) is 0 Å². The van der Waals surface area contributed by atoms with Crippen LogP contribution in [0, 0.1) is 6.92 Å². The van der Waals surface area contributed by atoms with Crippen molar-refractivity contribution in [3.8, 4) is 0 Å². The zero-order valence-corrected chi connectivity index (χ0v) is 17.1. The number of benzene rings is 2. The van der Waals surface area contributed by atoms with Gasteiger partial charge in [-0.2, -0.15) is 0 Å². The number of primary amides is 1. The number of amides is 4. The van der Waals surface area contributed by atoms with E-state index in [0.29, 0.717) is 23.4 Å². The van der Waals surface area contributed by atoms with Crippen molar-refractivity contribution in [3.05, 3.63) is 65.2 Å². The van der Waals surface area contributed by atoms with E-state index in [4.69, 9.17) is 5.73 Å². The van der Waals surface area contributed by atoms with Gasteiger partial charge >= 0.3 is 0 Å². The standard InChI is InChI=1S/C22H26N4O4/c1-3-26(20(28)14-24-22(30)17-6-4-15(2)5-7-17)13-12-19(27)25-18-10-8-16(9-11-18)21(23)29/h4-11H,3,12-14H2,1-2H3,(H2,23,29)(H,24,30)(H,25,27). The molecular weight excluding hydrogens is 384 g/mol. The molecule has 0 atom stereocenters. The second kappa shape index (κ2) is 10.8. The minimum absolute atomic E-state index is 0.100. The molecule has 0 aliphatic rings. The third-order valence-electron chi connectivity index (χ3n) is 4.51. The summed E-state index contributed by atoms with van der Waals surface area (Å²) in [5.74, 6) is -1.40. The number of anilines is 1. The molecule has 0 saturated carbocycles. The van der Waals surface area contributed by atoms with Crippen LogP contribution >= 0.6 is 0 Å². The van der Waals surface area contributed by atoms with Gasteiger partial charge < -0.3 is 21.3 Å². The molecule has 0 aliphatic carbocycles. The smallest absolute Gasteiger partial charge is 0.251 e. The van der Waals surface area contributed by atoms with Crippen LogP contribution in [0.3, 0.4) is 0 Å². The third kappa shape index (κ3) is 6.73. The lowest BCUT2D eigenvalue weighted by atomic mass is 10.1. The van der Waals surface area contributed by atoms with Crippen LogP contribution in [0.15, 0.2) is 48.5 Å². The molecule has 2 rings (SSSR count). The van der Waals surface area contributed by atoms with Crippen LogP contribution in [-0.2, 0) is 9.59 Å². The summed E-state index contributed by atoms with van der Waals surface area (Å²) in [5, 5.41) is 5.31. The van der Waals surface area contributed by atoms with Gasteiger partial charge in [0.2, 0.25) is 17.7 Å². The average Bonchev–Trinajstić information content (AvgIpc) is 2.73. The molecule has 158 valence electrons. The van der Waals surface area contributed by atoms with Gasteiger partial charge in [-0.3, -0.25) is 19.2 Å². The maximum atomic E-state index is 12.4. The molecule has 0 spiro atoms. The number of carbonyl (C=O) groups excluding carboxylic acids is 4. The fraction of sp³-hybridized carbons (Fsp3) is 0.273. The molecule has 0 heterocycles. The Balaban J connectivity index is 1.80. The summed E-state index contributed by atoms with van der Waals surface area (Å²) in [7, 11) is 0. The van der Waals surface area contributed by atoms with E-state index in [1.807, 2.05) is 19.1 Å². The maximum absolute atomic E-state index is 12.4. The fourth-order valence-corrected chi connectivity index (χ4v) is 2.71. The van der Waals surface area contributed by atoms with Crippen LogP contribution in [0.5, 0.6) is 0 Å². The molecular formula is C22H26N4O4. The molecule has 0 unspecified atom stereocenters. The summed E-state index contributed by atoms with van der Waals surface area (Å²) in [4.78, 5) is 49.2. The molecule has 0 fully saturated rings. The molecule has 0 bridgehead atoms. The largest absolute Gasteiger partial charge is 0.366 e. The van der Waals surface area contributed by atoms with E-state index in [1.54, 1.807) is 31.2 Å². The lowest BCUT2D eigenvalue weighted by Gasteiger charge is -2.21. The molecule has 4 N–H and O–H groups in total. The normalized spacial score (nSPS) is 10.2. The minimum Gasteiger partial charge on any atom is -0.366 e. The van der Waals surface area contributed by atoms with E-state index in [0.717, 1.165) is 5.56 Å². The first-order valence-electron chi connectivity index (χ1n) is 9.62. The molecule has 8 heteroatoms. The summed E-state index contributed by atoms with van der Waals surface area (Å²) in [6.45, 7) is 4.23. The Labute approximate surface area is 175 Å². The highest BCUT2D eigenvalue weighted by atomic mass is 16.2. The highest BCUT2D eigenvalue weighted by Gasteiger charge is 2.15. The van der Waals surface area contributed by atoms with Crippen LogP contribution < -0.4 is 16.4 Å². The Bertz CT molecular complexity index is 908. The van der Waals surface area contributed by atoms with E-state index < -0.39 is 5.91 Å². The first-order valence-corrected chi connectivity index (χ1v) is 9.62. The molecule has 2 aromatic rings. The number of hydrogen-bond acceptors (Lipinski definition) is 4. The van der Waals surface area contributed by atoms with Gasteiger partial charge in [0.05, 0.1) is 6.54 Å². The average molecular weight is 410 g/mol. The molecule has 0 aromatic heterocycles. The van der Waals surface area contributed by atoms with E-state index in [9.17, 15) is 19.2 Å². The van der Waals surface area contributed by atoms with Gasteiger partial charge in [0.1, 0.15) is 0 Å². The van der Waals surface area contributed by atoms with E-state index in [-0.39, 0.29) is 37.2 Å². The topological polar surface area (TPSA) is 122 Å². The van der Waals surface area contributed by atoms with Crippen molar-refractivity contribution in [2.75, 3.05) is 25.0 Å². The minimum atomic E-state index is -0.542. The first-order chi connectivity index (χ1) is 14.3. The zero-order chi connectivity index (χ0) is 22.1. The number of likely N-dealkylation sites (N-methyl/N-ethyl adjacent to an activating group) is 1. The van der Waals surface area contributed by atoms with Gasteiger partial charge in [-0.25, -0.2) is 0 Å². The lowest BCUT2D eigenvalue weighted by molar-refractivity contribution is -0.130. The Morgan fingerprint density at radius 3 is 2.10 bits per heavy atom. The van der Waals surface area contributed by atoms with Gasteiger partial charge in [-0.15, -0.1) is 0 Å². The van der Waals surface area contributed by atoms with E-state index in [1.165, 1.54) is 17.0 Å². The number of aryl methyl sites for hydroxylation is 1. The van der Waals surface area contributed by atoms with Crippen LogP contribution in [0.4, 0.5) is 5.69 Å². The number of nitrogens with one attached hydrogen (secondary N) is 2. The van der Waals surface area contributed by atoms with Crippen molar-refractivity contribution in [1.82, 2.24) is 10.2 Å². The molecule has 0 radical (unpaired) electrons. The Hall–Kier alpha value is -3.68. The van der Waals surface area contributed by atoms with E-state index >= 15 is 0 Å². The quantitative estimate of drug-likeness (QED) is 0.582. The molecule has 8 nitrogen and oxygen atoms in total. The third-order valence-corrected chi connectivity index (χ3v) is 4.51. The fourth-order valence-electron chi connectivity index (χ4n) is 2.71. The predicted octanol–water partition coefficient (Wildman–Crippen LogP) is 1.70. The SMILES string of the molecule is CCN(CCC(=O)Nc1ccc(C(N)=O)cc1)C(=O)CNC(=O)c1ccc(C)cc1. The zero-order valence-electron chi connectivity index (χ0n) is 17.1. The van der Waals surface area contributed by atoms with Gasteiger partial charge in [-0.05, 0) is 50.2 Å². The Morgan fingerprint density at radius 2 is 1.53 bits per heavy atom. The predicted molar refractivity (Wildman–Crippen MR) is 114 cm³/mol. The van der Waals surface area contributed by atoms with Crippen molar-refractivity contribution in [2.45, 2.75) is 20.3 Å². The molecule has 0 aliphatic heterocycles. The van der Waals surface area contributed by atoms with Crippen molar-refractivity contribution in [2.24, 2.45) is 5.73 Å². The Morgan fingerprint density at radius 1 is 0.933 bits per heavy atom. The maximum Gasteiger partial charge on any atom is 0.251 e. The number of nitrogens with zero attached hydrogens (tertiary/aromatic N) is 1. The number of hydrogen-bond donors (Lipinski definition) is 3. The van der Waals surface area contributed by atoms with Crippen molar-refractivity contribution < 1.29 is 19.2 Å². The van der Waals surface area contributed by atoms with Crippen LogP contribution in [0.25, 0.3) is 0 Å². The number of rotatable bonds is 9. The summed E-state index contributed by atoms with van der Waals surface area (Å²) >= 11 is 0. The van der Waals surface area contributed by atoms with E-state index in [2.05, 4.69) is 10.6 Å². The van der Waals surface area contributed by atoms with Crippen LogP contribution in [-0.4, -0.2) is 48.2 Å². The molecule has 0 saturated heterocycles. The summed E-state index contributed by atoms with van der Waals surface area (Å²) in [5.41, 5.74) is 7.59. The van der Waals surface area contributed by atoms with Crippen LogP contribution in [0.2, 0.25) is 0 Å². The molecule has 2 aromatic carbocycles. The second-order valence-electron chi connectivity index (χ2n) is 6.76. The second-order valence-corrected chi connectivity index (χ2v) is 6.76. The van der Waals surface area contributed by atoms with Gasteiger partial charge in [0, 0.05) is 36.3 Å². The highest BCUT2D eigenvalue weighted by molar-refractivity contribution is 5.97. The van der Waals surface area contributed by atoms with Crippen molar-refractivity contribution in [3.63, 3.8) is 0 Å². The van der Waals surface area contributed by atoms with Gasteiger partial charge in [-0.1, -0.05) is 17.7 Å². The monoisotopic (exact) mass is 410 g/mol. The lowest BCUT2D eigenvalue weighted by Crippen LogP contribution is -2.41. The molecule has 30 heavy (non-hydrogen) atoms. The summed E-state index contributed by atoms with van der Waals surface area (Å²) in [6.07, 6.45) is 0.100.